The van der Waals surface area contributed by atoms with Crippen molar-refractivity contribution < 1.29 is 12.8 Å². The van der Waals surface area contributed by atoms with Gasteiger partial charge < -0.3 is 5.73 Å². The molecule has 1 heterocycles. The van der Waals surface area contributed by atoms with Crippen molar-refractivity contribution in [2.24, 2.45) is 7.05 Å². The molecular weight excluding hydrogens is 285 g/mol. The molecule has 0 atom stereocenters. The third-order valence-electron chi connectivity index (χ3n) is 2.68. The first-order chi connectivity index (χ1) is 9.29. The van der Waals surface area contributed by atoms with Gasteiger partial charge in [0, 0.05) is 12.7 Å². The summed E-state index contributed by atoms with van der Waals surface area (Å²) in [5.74, 6) is -0.560. The van der Waals surface area contributed by atoms with Crippen LogP contribution in [0.25, 0.3) is 0 Å². The zero-order chi connectivity index (χ0) is 14.9. The second-order valence-electron chi connectivity index (χ2n) is 4.30. The second-order valence-corrected chi connectivity index (χ2v) is 6.03. The molecule has 3 N–H and O–H groups in total. The van der Waals surface area contributed by atoms with E-state index in [0.717, 1.165) is 12.1 Å². The van der Waals surface area contributed by atoms with Crippen LogP contribution in [0, 0.1) is 12.7 Å². The van der Waals surface area contributed by atoms with Gasteiger partial charge in [0.15, 0.2) is 5.82 Å². The number of nitrogens with one attached hydrogen (secondary N) is 1. The van der Waals surface area contributed by atoms with Crippen LogP contribution in [-0.2, 0) is 23.6 Å². The lowest BCUT2D eigenvalue weighted by molar-refractivity contribution is 0.555. The van der Waals surface area contributed by atoms with Crippen molar-refractivity contribution in [2.45, 2.75) is 18.4 Å². The van der Waals surface area contributed by atoms with Crippen molar-refractivity contribution in [1.29, 1.82) is 0 Å². The van der Waals surface area contributed by atoms with E-state index in [0.29, 0.717) is 5.56 Å². The monoisotopic (exact) mass is 299 g/mol. The first kappa shape index (κ1) is 14.4. The van der Waals surface area contributed by atoms with Crippen LogP contribution in [0.5, 0.6) is 0 Å². The Hall–Kier alpha value is -2.00. The number of rotatable bonds is 4. The largest absolute Gasteiger partial charge is 0.398 e. The number of nitrogens with two attached hydrogens (primary N) is 1. The van der Waals surface area contributed by atoms with E-state index in [1.54, 1.807) is 14.0 Å². The highest BCUT2D eigenvalue weighted by Crippen LogP contribution is 2.21. The van der Waals surface area contributed by atoms with Gasteiger partial charge in [-0.05, 0) is 24.6 Å². The molecule has 1 aromatic carbocycles. The van der Waals surface area contributed by atoms with E-state index in [1.165, 1.54) is 11.0 Å². The first-order valence-electron chi connectivity index (χ1n) is 5.69. The van der Waals surface area contributed by atoms with Gasteiger partial charge in [0.1, 0.15) is 17.0 Å². The normalized spacial score (nSPS) is 11.8. The van der Waals surface area contributed by atoms with Crippen molar-refractivity contribution in [2.75, 3.05) is 5.73 Å². The maximum Gasteiger partial charge on any atom is 0.243 e. The van der Waals surface area contributed by atoms with E-state index < -0.39 is 20.7 Å². The van der Waals surface area contributed by atoms with Gasteiger partial charge in [-0.25, -0.2) is 22.5 Å². The number of sulfonamides is 1. The Bertz CT molecular complexity index is 741. The fourth-order valence-electron chi connectivity index (χ4n) is 1.58. The zero-order valence-corrected chi connectivity index (χ0v) is 11.8. The van der Waals surface area contributed by atoms with Gasteiger partial charge in [0.05, 0.1) is 6.54 Å². The molecule has 0 spiro atoms. The number of hydrogen-bond acceptors (Lipinski definition) is 5. The summed E-state index contributed by atoms with van der Waals surface area (Å²) in [6, 6.07) is 2.18. The number of anilines is 1. The topological polar surface area (TPSA) is 103 Å². The molecule has 0 aliphatic heterocycles. The minimum Gasteiger partial charge on any atom is -0.398 e. The molecule has 0 saturated heterocycles. The van der Waals surface area contributed by atoms with Crippen molar-refractivity contribution in [3.63, 3.8) is 0 Å². The van der Waals surface area contributed by atoms with Crippen molar-refractivity contribution in [3.8, 4) is 0 Å². The molecule has 7 nitrogen and oxygen atoms in total. The highest BCUT2D eigenvalue weighted by molar-refractivity contribution is 7.89. The fourth-order valence-corrected chi connectivity index (χ4v) is 2.65. The van der Waals surface area contributed by atoms with Crippen LogP contribution in [0.4, 0.5) is 10.1 Å². The molecule has 0 aliphatic carbocycles. The van der Waals surface area contributed by atoms with Gasteiger partial charge in [0.25, 0.3) is 0 Å². The number of aromatic nitrogens is 3. The van der Waals surface area contributed by atoms with Crippen LogP contribution >= 0.6 is 0 Å². The summed E-state index contributed by atoms with van der Waals surface area (Å²) in [4.78, 5) is 3.38. The van der Waals surface area contributed by atoms with Crippen molar-refractivity contribution >= 4 is 15.7 Å². The van der Waals surface area contributed by atoms with Gasteiger partial charge in [-0.2, -0.15) is 5.10 Å². The second kappa shape index (κ2) is 5.17. The number of aryl methyl sites for hydroxylation is 2. The molecule has 108 valence electrons. The van der Waals surface area contributed by atoms with Crippen LogP contribution in [0.3, 0.4) is 0 Å². The van der Waals surface area contributed by atoms with E-state index in [2.05, 4.69) is 14.8 Å². The molecule has 9 heteroatoms. The van der Waals surface area contributed by atoms with E-state index >= 15 is 0 Å². The lowest BCUT2D eigenvalue weighted by Gasteiger charge is -2.08. The standard InChI is InChI=1S/C11H14FN5O2S/c1-7-3-8(12)10(4-9(7)13)20(18,19)15-5-11-14-6-17(2)16-11/h3-4,6,15H,5,13H2,1-2H3. The Kier molecular flexibility index (Phi) is 3.73. The smallest absolute Gasteiger partial charge is 0.243 e. The third-order valence-corrected chi connectivity index (χ3v) is 4.09. The molecule has 0 radical (unpaired) electrons. The molecule has 0 bridgehead atoms. The molecule has 0 saturated carbocycles. The lowest BCUT2D eigenvalue weighted by Crippen LogP contribution is -2.25. The fraction of sp³-hybridized carbons (Fsp3) is 0.273. The highest BCUT2D eigenvalue weighted by atomic mass is 32.2. The predicted octanol–water partition coefficient (Wildman–Crippen LogP) is 0.323. The summed E-state index contributed by atoms with van der Waals surface area (Å²) in [6.45, 7) is 1.47. The average Bonchev–Trinajstić information content (AvgIpc) is 2.77. The first-order valence-corrected chi connectivity index (χ1v) is 7.18. The molecular formula is C11H14FN5O2S. The summed E-state index contributed by atoms with van der Waals surface area (Å²) >= 11 is 0. The van der Waals surface area contributed by atoms with Crippen LogP contribution < -0.4 is 10.5 Å². The van der Waals surface area contributed by atoms with Crippen LogP contribution in [0.2, 0.25) is 0 Å². The van der Waals surface area contributed by atoms with Gasteiger partial charge >= 0.3 is 0 Å². The van der Waals surface area contributed by atoms with Crippen molar-refractivity contribution in [1.82, 2.24) is 19.5 Å². The Balaban J connectivity index is 2.24. The summed E-state index contributed by atoms with van der Waals surface area (Å²) in [5, 5.41) is 3.92. The Morgan fingerprint density at radius 1 is 1.45 bits per heavy atom. The number of nitrogen functional groups attached to an aromatic ring is 1. The van der Waals surface area contributed by atoms with Crippen LogP contribution in [-0.4, -0.2) is 23.2 Å². The Morgan fingerprint density at radius 3 is 2.75 bits per heavy atom. The average molecular weight is 299 g/mol. The van der Waals surface area contributed by atoms with E-state index in [1.807, 2.05) is 0 Å². The Morgan fingerprint density at radius 2 is 2.15 bits per heavy atom. The molecule has 0 aliphatic rings. The van der Waals surface area contributed by atoms with Crippen LogP contribution in [0.1, 0.15) is 11.4 Å². The van der Waals surface area contributed by atoms with E-state index in [9.17, 15) is 12.8 Å². The SMILES string of the molecule is Cc1cc(F)c(S(=O)(=O)NCc2ncn(C)n2)cc1N. The summed E-state index contributed by atoms with van der Waals surface area (Å²) in [6.07, 6.45) is 1.44. The minimum atomic E-state index is -4.01. The van der Waals surface area contributed by atoms with Gasteiger partial charge in [-0.3, -0.25) is 4.68 Å². The lowest BCUT2D eigenvalue weighted by atomic mass is 10.2. The number of nitrogens with zero attached hydrogens (tertiary/aromatic N) is 3. The highest BCUT2D eigenvalue weighted by Gasteiger charge is 2.20. The molecule has 20 heavy (non-hydrogen) atoms. The van der Waals surface area contributed by atoms with Gasteiger partial charge in [-0.15, -0.1) is 0 Å². The molecule has 0 unspecified atom stereocenters. The number of halogens is 1. The van der Waals surface area contributed by atoms with Gasteiger partial charge in [-0.1, -0.05) is 0 Å². The molecule has 2 aromatic rings. The third kappa shape index (κ3) is 2.94. The van der Waals surface area contributed by atoms with Crippen LogP contribution in [0.15, 0.2) is 23.4 Å². The predicted molar refractivity (Wildman–Crippen MR) is 70.6 cm³/mol. The summed E-state index contributed by atoms with van der Waals surface area (Å²) < 4.78 is 41.5. The molecule has 2 rings (SSSR count). The van der Waals surface area contributed by atoms with E-state index in [4.69, 9.17) is 5.73 Å². The number of benzene rings is 1. The molecule has 0 fully saturated rings. The minimum absolute atomic E-state index is 0.129. The summed E-state index contributed by atoms with van der Waals surface area (Å²) in [5.41, 5.74) is 6.30. The maximum absolute atomic E-state index is 13.7. The van der Waals surface area contributed by atoms with Gasteiger partial charge in [0.2, 0.25) is 10.0 Å². The zero-order valence-electron chi connectivity index (χ0n) is 11.0. The molecule has 0 amide bonds. The molecule has 1 aromatic heterocycles. The maximum atomic E-state index is 13.7. The Labute approximate surface area is 115 Å². The number of hydrogen-bond donors (Lipinski definition) is 2. The van der Waals surface area contributed by atoms with E-state index in [-0.39, 0.29) is 18.1 Å². The summed E-state index contributed by atoms with van der Waals surface area (Å²) in [7, 11) is -2.36. The van der Waals surface area contributed by atoms with Crippen molar-refractivity contribution in [3.05, 3.63) is 35.7 Å². The quantitative estimate of drug-likeness (QED) is 0.792.